The van der Waals surface area contributed by atoms with E-state index in [1.165, 1.54) is 57.8 Å². The second-order valence-corrected chi connectivity index (χ2v) is 7.08. The van der Waals surface area contributed by atoms with Crippen LogP contribution in [0.1, 0.15) is 64.7 Å². The van der Waals surface area contributed by atoms with Crippen molar-refractivity contribution in [3.8, 4) is 0 Å². The Balaban J connectivity index is 1.51. The van der Waals surface area contributed by atoms with E-state index in [-0.39, 0.29) is 0 Å². The highest BCUT2D eigenvalue weighted by molar-refractivity contribution is 5.78. The van der Waals surface area contributed by atoms with E-state index in [9.17, 15) is 0 Å². The lowest BCUT2D eigenvalue weighted by atomic mass is 9.84. The summed E-state index contributed by atoms with van der Waals surface area (Å²) in [6.45, 7) is 2.30. The highest BCUT2D eigenvalue weighted by Crippen LogP contribution is 2.49. The monoisotopic (exact) mass is 263 g/mol. The van der Waals surface area contributed by atoms with Gasteiger partial charge in [-0.15, -0.1) is 0 Å². The van der Waals surface area contributed by atoms with Crippen molar-refractivity contribution >= 4 is 5.96 Å². The molecule has 3 fully saturated rings. The average molecular weight is 263 g/mol. The van der Waals surface area contributed by atoms with Gasteiger partial charge in [-0.25, -0.2) is 0 Å². The minimum absolute atomic E-state index is 0.480. The van der Waals surface area contributed by atoms with E-state index in [2.05, 4.69) is 12.2 Å². The zero-order valence-electron chi connectivity index (χ0n) is 12.3. The number of nitrogens with zero attached hydrogens (tertiary/aromatic N) is 1. The van der Waals surface area contributed by atoms with Gasteiger partial charge < -0.3 is 11.1 Å². The van der Waals surface area contributed by atoms with Gasteiger partial charge in [0.25, 0.3) is 0 Å². The molecule has 4 unspecified atom stereocenters. The van der Waals surface area contributed by atoms with E-state index < -0.39 is 0 Å². The van der Waals surface area contributed by atoms with Crippen LogP contribution in [0.5, 0.6) is 0 Å². The molecule has 3 saturated carbocycles. The third-order valence-corrected chi connectivity index (χ3v) is 5.71. The predicted octanol–water partition coefficient (Wildman–Crippen LogP) is 3.05. The lowest BCUT2D eigenvalue weighted by Gasteiger charge is -2.29. The van der Waals surface area contributed by atoms with Gasteiger partial charge in [-0.1, -0.05) is 25.7 Å². The maximum Gasteiger partial charge on any atom is 0.189 e. The number of hydrogen-bond acceptors (Lipinski definition) is 1. The van der Waals surface area contributed by atoms with Crippen molar-refractivity contribution < 1.29 is 0 Å². The van der Waals surface area contributed by atoms with Crippen molar-refractivity contribution in [3.05, 3.63) is 0 Å². The van der Waals surface area contributed by atoms with Crippen LogP contribution in [0.3, 0.4) is 0 Å². The van der Waals surface area contributed by atoms with Crippen molar-refractivity contribution in [1.29, 1.82) is 0 Å². The van der Waals surface area contributed by atoms with Crippen molar-refractivity contribution in [2.75, 3.05) is 0 Å². The number of nitrogens with one attached hydrogen (secondary N) is 1. The number of rotatable bonds is 3. The van der Waals surface area contributed by atoms with Crippen molar-refractivity contribution in [3.63, 3.8) is 0 Å². The molecule has 0 aromatic heterocycles. The highest BCUT2D eigenvalue weighted by atomic mass is 15.1. The van der Waals surface area contributed by atoms with Crippen LogP contribution in [0.4, 0.5) is 0 Å². The topological polar surface area (TPSA) is 50.4 Å². The molecule has 0 spiro atoms. The van der Waals surface area contributed by atoms with E-state index in [1.54, 1.807) is 0 Å². The number of hydrogen-bond donors (Lipinski definition) is 2. The Morgan fingerprint density at radius 1 is 1.11 bits per heavy atom. The number of nitrogens with two attached hydrogens (primary N) is 1. The van der Waals surface area contributed by atoms with Crippen LogP contribution >= 0.6 is 0 Å². The Kier molecular flexibility index (Phi) is 3.99. The zero-order chi connectivity index (χ0) is 13.2. The third-order valence-electron chi connectivity index (χ3n) is 5.71. The minimum atomic E-state index is 0.480. The van der Waals surface area contributed by atoms with Crippen molar-refractivity contribution in [2.45, 2.75) is 76.8 Å². The standard InChI is InChI=1S/C16H29N3/c1-11(15-10-12-7-8-13(15)9-12)18-16(17)19-14-5-3-2-4-6-14/h11-15H,2-10H2,1H3,(H3,17,18,19). The van der Waals surface area contributed by atoms with E-state index >= 15 is 0 Å². The largest absolute Gasteiger partial charge is 0.370 e. The molecule has 0 aromatic carbocycles. The van der Waals surface area contributed by atoms with Gasteiger partial charge in [0.05, 0.1) is 6.04 Å². The molecule has 108 valence electrons. The van der Waals surface area contributed by atoms with Crippen LogP contribution in [-0.2, 0) is 0 Å². The van der Waals surface area contributed by atoms with Crippen molar-refractivity contribution in [2.24, 2.45) is 28.5 Å². The highest BCUT2D eigenvalue weighted by Gasteiger charge is 2.41. The van der Waals surface area contributed by atoms with Gasteiger partial charge in [-0.05, 0) is 56.8 Å². The molecular weight excluding hydrogens is 234 g/mol. The minimum Gasteiger partial charge on any atom is -0.370 e. The van der Waals surface area contributed by atoms with Crippen LogP contribution in [0, 0.1) is 17.8 Å². The lowest BCUT2D eigenvalue weighted by Crippen LogP contribution is -2.44. The van der Waals surface area contributed by atoms with E-state index in [1.807, 2.05) is 0 Å². The lowest BCUT2D eigenvalue weighted by molar-refractivity contribution is 0.278. The molecule has 0 heterocycles. The number of aliphatic imine (C=N–C) groups is 1. The van der Waals surface area contributed by atoms with Gasteiger partial charge >= 0.3 is 0 Å². The fraction of sp³-hybridized carbons (Fsp3) is 0.938. The first-order valence-corrected chi connectivity index (χ1v) is 8.32. The Labute approximate surface area is 117 Å². The molecule has 3 aliphatic carbocycles. The molecule has 0 radical (unpaired) electrons. The molecule has 19 heavy (non-hydrogen) atoms. The van der Waals surface area contributed by atoms with Gasteiger partial charge in [0.2, 0.25) is 0 Å². The van der Waals surface area contributed by atoms with Gasteiger partial charge in [-0.2, -0.15) is 0 Å². The second-order valence-electron chi connectivity index (χ2n) is 7.08. The zero-order valence-corrected chi connectivity index (χ0v) is 12.3. The molecule has 0 saturated heterocycles. The summed E-state index contributed by atoms with van der Waals surface area (Å²) < 4.78 is 0. The molecule has 0 aromatic rings. The van der Waals surface area contributed by atoms with Crippen LogP contribution < -0.4 is 11.1 Å². The molecule has 3 N–H and O–H groups in total. The van der Waals surface area contributed by atoms with E-state index in [0.717, 1.165) is 17.8 Å². The Morgan fingerprint density at radius 2 is 1.89 bits per heavy atom. The van der Waals surface area contributed by atoms with Crippen LogP contribution in [0.2, 0.25) is 0 Å². The summed E-state index contributed by atoms with van der Waals surface area (Å²) in [6, 6.07) is 0.983. The molecule has 3 rings (SSSR count). The summed E-state index contributed by atoms with van der Waals surface area (Å²) in [5, 5.41) is 3.48. The van der Waals surface area contributed by atoms with Gasteiger partial charge in [0, 0.05) is 6.04 Å². The third kappa shape index (κ3) is 3.06. The van der Waals surface area contributed by atoms with Gasteiger partial charge in [0.15, 0.2) is 5.96 Å². The van der Waals surface area contributed by atoms with E-state index in [4.69, 9.17) is 10.7 Å². The molecule has 3 heteroatoms. The predicted molar refractivity (Wildman–Crippen MR) is 80.0 cm³/mol. The van der Waals surface area contributed by atoms with E-state index in [0.29, 0.717) is 18.0 Å². The molecule has 2 bridgehead atoms. The first-order valence-electron chi connectivity index (χ1n) is 8.32. The molecule has 4 atom stereocenters. The van der Waals surface area contributed by atoms with Crippen LogP contribution in [-0.4, -0.2) is 18.0 Å². The number of guanidine groups is 1. The SMILES string of the molecule is CC(NC(N)=NC1CCCCC1)C1CC2CCC1C2. The van der Waals surface area contributed by atoms with Crippen LogP contribution in [0.15, 0.2) is 4.99 Å². The quantitative estimate of drug-likeness (QED) is 0.607. The smallest absolute Gasteiger partial charge is 0.189 e. The maximum atomic E-state index is 6.11. The molecule has 3 aliphatic rings. The maximum absolute atomic E-state index is 6.11. The number of fused-ring (bicyclic) bond motifs is 2. The summed E-state index contributed by atoms with van der Waals surface area (Å²) in [4.78, 5) is 4.69. The Morgan fingerprint density at radius 3 is 2.53 bits per heavy atom. The fourth-order valence-electron chi connectivity index (χ4n) is 4.69. The Hall–Kier alpha value is -0.730. The fourth-order valence-corrected chi connectivity index (χ4v) is 4.69. The average Bonchev–Trinajstić information content (AvgIpc) is 3.02. The van der Waals surface area contributed by atoms with Crippen molar-refractivity contribution in [1.82, 2.24) is 5.32 Å². The van der Waals surface area contributed by atoms with Gasteiger partial charge in [-0.3, -0.25) is 4.99 Å². The Bertz CT molecular complexity index is 333. The summed E-state index contributed by atoms with van der Waals surface area (Å²) in [5.41, 5.74) is 6.11. The summed E-state index contributed by atoms with van der Waals surface area (Å²) in [7, 11) is 0. The summed E-state index contributed by atoms with van der Waals surface area (Å²) in [6.07, 6.45) is 12.3. The summed E-state index contributed by atoms with van der Waals surface area (Å²) in [5.74, 6) is 3.49. The van der Waals surface area contributed by atoms with Crippen LogP contribution in [0.25, 0.3) is 0 Å². The molecule has 0 amide bonds. The molecule has 0 aliphatic heterocycles. The first kappa shape index (κ1) is 13.3. The first-order chi connectivity index (χ1) is 9.22. The second kappa shape index (κ2) is 5.72. The van der Waals surface area contributed by atoms with Gasteiger partial charge in [0.1, 0.15) is 0 Å². The summed E-state index contributed by atoms with van der Waals surface area (Å²) >= 11 is 0. The normalized spacial score (nSPS) is 37.5. The molecule has 3 nitrogen and oxygen atoms in total. The molecular formula is C16H29N3.